The Bertz CT molecular complexity index is 378. The minimum absolute atomic E-state index is 1.10. The molecule has 0 N–H and O–H groups in total. The van der Waals surface area contributed by atoms with Gasteiger partial charge in [-0.15, -0.1) is 11.3 Å². The highest BCUT2D eigenvalue weighted by Gasteiger charge is 2.03. The summed E-state index contributed by atoms with van der Waals surface area (Å²) in [6.07, 6.45) is 4.78. The van der Waals surface area contributed by atoms with Crippen LogP contribution < -0.4 is 0 Å². The summed E-state index contributed by atoms with van der Waals surface area (Å²) in [4.78, 5) is 5.39. The van der Waals surface area contributed by atoms with Crippen molar-refractivity contribution in [3.63, 3.8) is 0 Å². The molecule has 0 aliphatic carbocycles. The highest BCUT2D eigenvalue weighted by molar-refractivity contribution is 7.13. The Labute approximate surface area is 82.1 Å². The van der Waals surface area contributed by atoms with Crippen LogP contribution in [0.4, 0.5) is 0 Å². The zero-order valence-electron chi connectivity index (χ0n) is 7.53. The number of hydrogen-bond donors (Lipinski definition) is 0. The number of hydrogen-bond acceptors (Lipinski definition) is 2. The van der Waals surface area contributed by atoms with E-state index in [-0.39, 0.29) is 0 Å². The molecule has 2 aromatic heterocycles. The van der Waals surface area contributed by atoms with Crippen molar-refractivity contribution in [2.24, 2.45) is 0 Å². The predicted octanol–water partition coefficient (Wildman–Crippen LogP) is 3.37. The first kappa shape index (κ1) is 8.45. The fourth-order valence-corrected chi connectivity index (χ4v) is 2.38. The van der Waals surface area contributed by atoms with Crippen LogP contribution in [0, 0.1) is 0 Å². The summed E-state index contributed by atoms with van der Waals surface area (Å²) in [6, 6.07) is 6.32. The fraction of sp³-hybridized carbons (Fsp3) is 0.182. The number of nitrogens with zero attached hydrogens (tertiary/aromatic N) is 1. The van der Waals surface area contributed by atoms with Crippen molar-refractivity contribution < 1.29 is 0 Å². The number of thiophene rings is 1. The molecule has 0 atom stereocenters. The van der Waals surface area contributed by atoms with Gasteiger partial charge >= 0.3 is 0 Å². The van der Waals surface area contributed by atoms with E-state index in [9.17, 15) is 0 Å². The molecule has 0 radical (unpaired) electrons. The van der Waals surface area contributed by atoms with Crippen LogP contribution in [0.15, 0.2) is 36.0 Å². The van der Waals surface area contributed by atoms with Crippen LogP contribution >= 0.6 is 11.3 Å². The Hall–Kier alpha value is -1.15. The molecule has 13 heavy (non-hydrogen) atoms. The van der Waals surface area contributed by atoms with Gasteiger partial charge in [0.15, 0.2) is 0 Å². The second-order valence-corrected chi connectivity index (χ2v) is 3.78. The number of aromatic nitrogens is 1. The van der Waals surface area contributed by atoms with Crippen molar-refractivity contribution in [2.45, 2.75) is 13.3 Å². The lowest BCUT2D eigenvalue weighted by atomic mass is 10.1. The molecule has 2 heterocycles. The summed E-state index contributed by atoms with van der Waals surface area (Å²) >= 11 is 1.80. The molecule has 1 nitrogen and oxygen atoms in total. The van der Waals surface area contributed by atoms with Crippen molar-refractivity contribution in [3.8, 4) is 10.4 Å². The van der Waals surface area contributed by atoms with Crippen molar-refractivity contribution in [1.29, 1.82) is 0 Å². The van der Waals surface area contributed by atoms with Gasteiger partial charge in [0.25, 0.3) is 0 Å². The lowest BCUT2D eigenvalue weighted by Crippen LogP contribution is -1.80. The van der Waals surface area contributed by atoms with Crippen molar-refractivity contribution in [2.75, 3.05) is 0 Å². The SMILES string of the molecule is CCc1ccsc1-c1ccncc1. The van der Waals surface area contributed by atoms with Gasteiger partial charge in [-0.1, -0.05) is 6.92 Å². The molecule has 0 bridgehead atoms. The number of pyridine rings is 1. The number of rotatable bonds is 2. The molecule has 2 heteroatoms. The summed E-state index contributed by atoms with van der Waals surface area (Å²) < 4.78 is 0. The first-order valence-corrected chi connectivity index (χ1v) is 5.26. The van der Waals surface area contributed by atoms with E-state index in [4.69, 9.17) is 0 Å². The molecule has 0 aliphatic heterocycles. The normalized spacial score (nSPS) is 10.2. The van der Waals surface area contributed by atoms with Crippen LogP contribution in [-0.2, 0) is 6.42 Å². The Morgan fingerprint density at radius 1 is 1.23 bits per heavy atom. The third-order valence-corrected chi connectivity index (χ3v) is 3.08. The van der Waals surface area contributed by atoms with E-state index in [0.29, 0.717) is 0 Å². The summed E-state index contributed by atoms with van der Waals surface area (Å²) in [7, 11) is 0. The molecule has 0 aliphatic rings. The summed E-state index contributed by atoms with van der Waals surface area (Å²) in [5.74, 6) is 0. The molecule has 0 spiro atoms. The molecule has 0 amide bonds. The van der Waals surface area contributed by atoms with E-state index in [2.05, 4.69) is 35.5 Å². The minimum Gasteiger partial charge on any atom is -0.265 e. The third-order valence-electron chi connectivity index (χ3n) is 2.07. The van der Waals surface area contributed by atoms with Gasteiger partial charge in [-0.3, -0.25) is 4.98 Å². The van der Waals surface area contributed by atoms with Crippen LogP contribution in [0.1, 0.15) is 12.5 Å². The molecule has 0 saturated carbocycles. The third kappa shape index (κ3) is 1.63. The molecule has 0 fully saturated rings. The zero-order valence-corrected chi connectivity index (χ0v) is 8.34. The van der Waals surface area contributed by atoms with E-state index >= 15 is 0 Å². The first-order valence-electron chi connectivity index (χ1n) is 4.38. The monoisotopic (exact) mass is 189 g/mol. The van der Waals surface area contributed by atoms with Crippen LogP contribution in [0.3, 0.4) is 0 Å². The maximum Gasteiger partial charge on any atom is 0.0375 e. The second-order valence-electron chi connectivity index (χ2n) is 2.86. The molecular formula is C11H11NS. The van der Waals surface area contributed by atoms with Gasteiger partial charge in [-0.2, -0.15) is 0 Å². The van der Waals surface area contributed by atoms with Crippen LogP contribution in [-0.4, -0.2) is 4.98 Å². The second kappa shape index (κ2) is 3.71. The van der Waals surface area contributed by atoms with Gasteiger partial charge in [0.2, 0.25) is 0 Å². The Morgan fingerprint density at radius 2 is 2.00 bits per heavy atom. The Morgan fingerprint density at radius 3 is 2.69 bits per heavy atom. The summed E-state index contributed by atoms with van der Waals surface area (Å²) in [5.41, 5.74) is 2.71. The molecule has 66 valence electrons. The zero-order chi connectivity index (χ0) is 9.10. The molecule has 2 aromatic rings. The maximum absolute atomic E-state index is 4.02. The van der Waals surface area contributed by atoms with Crippen molar-refractivity contribution >= 4 is 11.3 Å². The average molecular weight is 189 g/mol. The summed E-state index contributed by atoms with van der Waals surface area (Å²) in [6.45, 7) is 2.19. The van der Waals surface area contributed by atoms with Gasteiger partial charge in [0.1, 0.15) is 0 Å². The minimum atomic E-state index is 1.10. The van der Waals surface area contributed by atoms with Crippen LogP contribution in [0.2, 0.25) is 0 Å². The quantitative estimate of drug-likeness (QED) is 0.705. The molecule has 0 aromatic carbocycles. The smallest absolute Gasteiger partial charge is 0.0375 e. The lowest BCUT2D eigenvalue weighted by Gasteiger charge is -1.99. The largest absolute Gasteiger partial charge is 0.265 e. The van der Waals surface area contributed by atoms with Crippen molar-refractivity contribution in [1.82, 2.24) is 4.98 Å². The highest BCUT2D eigenvalue weighted by atomic mass is 32.1. The lowest BCUT2D eigenvalue weighted by molar-refractivity contribution is 1.16. The van der Waals surface area contributed by atoms with E-state index in [1.165, 1.54) is 16.0 Å². The van der Waals surface area contributed by atoms with E-state index in [1.54, 1.807) is 11.3 Å². The fourth-order valence-electron chi connectivity index (χ4n) is 1.37. The molecule has 0 unspecified atom stereocenters. The van der Waals surface area contributed by atoms with Gasteiger partial charge in [-0.05, 0) is 41.1 Å². The maximum atomic E-state index is 4.02. The van der Waals surface area contributed by atoms with E-state index in [1.807, 2.05) is 12.4 Å². The van der Waals surface area contributed by atoms with Crippen molar-refractivity contribution in [3.05, 3.63) is 41.5 Å². The molecular weight excluding hydrogens is 178 g/mol. The summed E-state index contributed by atoms with van der Waals surface area (Å²) in [5, 5.41) is 2.15. The van der Waals surface area contributed by atoms with Crippen LogP contribution in [0.25, 0.3) is 10.4 Å². The van der Waals surface area contributed by atoms with E-state index in [0.717, 1.165) is 6.42 Å². The number of aryl methyl sites for hydroxylation is 1. The Kier molecular flexibility index (Phi) is 2.41. The van der Waals surface area contributed by atoms with E-state index < -0.39 is 0 Å². The predicted molar refractivity (Wildman–Crippen MR) is 56.9 cm³/mol. The van der Waals surface area contributed by atoms with Gasteiger partial charge in [-0.25, -0.2) is 0 Å². The highest BCUT2D eigenvalue weighted by Crippen LogP contribution is 2.29. The Balaban J connectivity index is 2.47. The molecule has 2 rings (SSSR count). The topological polar surface area (TPSA) is 12.9 Å². The average Bonchev–Trinajstić information content (AvgIpc) is 2.67. The van der Waals surface area contributed by atoms with Crippen LogP contribution in [0.5, 0.6) is 0 Å². The standard InChI is InChI=1S/C11H11NS/c1-2-9-5-8-13-11(9)10-3-6-12-7-4-10/h3-8H,2H2,1H3. The van der Waals surface area contributed by atoms with Gasteiger partial charge in [0.05, 0.1) is 0 Å². The first-order chi connectivity index (χ1) is 6.42. The van der Waals surface area contributed by atoms with Gasteiger partial charge < -0.3 is 0 Å². The molecule has 0 saturated heterocycles. The van der Waals surface area contributed by atoms with Gasteiger partial charge in [0, 0.05) is 17.3 Å².